The van der Waals surface area contributed by atoms with Gasteiger partial charge in [0.05, 0.1) is 6.61 Å². The van der Waals surface area contributed by atoms with Gasteiger partial charge in [0.15, 0.2) is 0 Å². The number of aliphatic carboxylic acids is 1. The van der Waals surface area contributed by atoms with Gasteiger partial charge in [-0.3, -0.25) is 9.59 Å². The first-order valence-electron chi connectivity index (χ1n) is 5.72. The number of pyridine rings is 1. The van der Waals surface area contributed by atoms with Crippen molar-refractivity contribution in [1.82, 2.24) is 4.57 Å². The summed E-state index contributed by atoms with van der Waals surface area (Å²) in [5.74, 6) is -1.07. The number of rotatable bonds is 4. The van der Waals surface area contributed by atoms with E-state index in [0.29, 0.717) is 0 Å². The van der Waals surface area contributed by atoms with Gasteiger partial charge in [0.25, 0.3) is 5.56 Å². The SMILES string of the molecule is O=C(O)Cn1cc(-c2cccc(CO)c2)ccc1=O. The third kappa shape index (κ3) is 3.08. The molecule has 0 aliphatic rings. The molecule has 98 valence electrons. The van der Waals surface area contributed by atoms with Crippen molar-refractivity contribution in [1.29, 1.82) is 0 Å². The Morgan fingerprint density at radius 3 is 2.63 bits per heavy atom. The number of carboxylic acid groups (broad SMARTS) is 1. The number of aromatic nitrogens is 1. The molecule has 2 N–H and O–H groups in total. The molecule has 1 heterocycles. The minimum atomic E-state index is -1.07. The van der Waals surface area contributed by atoms with Gasteiger partial charge in [-0.05, 0) is 28.8 Å². The molecular formula is C14H13NO4. The van der Waals surface area contributed by atoms with Crippen molar-refractivity contribution in [3.05, 3.63) is 58.5 Å². The van der Waals surface area contributed by atoms with E-state index in [9.17, 15) is 9.59 Å². The normalized spacial score (nSPS) is 10.4. The average Bonchev–Trinajstić information content (AvgIpc) is 2.41. The van der Waals surface area contributed by atoms with E-state index in [0.717, 1.165) is 21.3 Å². The van der Waals surface area contributed by atoms with E-state index in [4.69, 9.17) is 10.2 Å². The Kier molecular flexibility index (Phi) is 3.77. The zero-order valence-corrected chi connectivity index (χ0v) is 10.1. The smallest absolute Gasteiger partial charge is 0.323 e. The zero-order valence-electron chi connectivity index (χ0n) is 10.1. The van der Waals surface area contributed by atoms with Crippen molar-refractivity contribution in [3.63, 3.8) is 0 Å². The first kappa shape index (κ1) is 13.0. The van der Waals surface area contributed by atoms with Crippen molar-refractivity contribution >= 4 is 5.97 Å². The molecular weight excluding hydrogens is 246 g/mol. The van der Waals surface area contributed by atoms with Gasteiger partial charge in [0.1, 0.15) is 6.54 Å². The largest absolute Gasteiger partial charge is 0.480 e. The maximum atomic E-state index is 11.5. The van der Waals surface area contributed by atoms with Crippen LogP contribution < -0.4 is 5.56 Å². The van der Waals surface area contributed by atoms with Gasteiger partial charge < -0.3 is 14.8 Å². The molecule has 0 bridgehead atoms. The zero-order chi connectivity index (χ0) is 13.8. The fourth-order valence-electron chi connectivity index (χ4n) is 1.82. The summed E-state index contributed by atoms with van der Waals surface area (Å²) < 4.78 is 1.14. The van der Waals surface area contributed by atoms with E-state index in [2.05, 4.69) is 0 Å². The second kappa shape index (κ2) is 5.49. The predicted molar refractivity (Wildman–Crippen MR) is 69.7 cm³/mol. The van der Waals surface area contributed by atoms with Crippen molar-refractivity contribution in [2.75, 3.05) is 0 Å². The van der Waals surface area contributed by atoms with E-state index in [1.54, 1.807) is 24.3 Å². The Morgan fingerprint density at radius 2 is 1.95 bits per heavy atom. The molecule has 1 aromatic carbocycles. The van der Waals surface area contributed by atoms with Crippen LogP contribution in [0.25, 0.3) is 11.1 Å². The fourth-order valence-corrected chi connectivity index (χ4v) is 1.82. The summed E-state index contributed by atoms with van der Waals surface area (Å²) >= 11 is 0. The van der Waals surface area contributed by atoms with Crippen LogP contribution in [-0.4, -0.2) is 20.7 Å². The molecule has 1 aromatic heterocycles. The molecule has 5 nitrogen and oxygen atoms in total. The molecule has 0 unspecified atom stereocenters. The van der Waals surface area contributed by atoms with Crippen LogP contribution in [-0.2, 0) is 17.9 Å². The maximum Gasteiger partial charge on any atom is 0.323 e. The van der Waals surface area contributed by atoms with Gasteiger partial charge in [-0.15, -0.1) is 0 Å². The molecule has 0 aliphatic carbocycles. The van der Waals surface area contributed by atoms with Crippen molar-refractivity contribution in [2.45, 2.75) is 13.2 Å². The minimum absolute atomic E-state index is 0.0669. The molecule has 19 heavy (non-hydrogen) atoms. The van der Waals surface area contributed by atoms with Crippen molar-refractivity contribution < 1.29 is 15.0 Å². The van der Waals surface area contributed by atoms with E-state index in [-0.39, 0.29) is 18.7 Å². The van der Waals surface area contributed by atoms with Gasteiger partial charge in [0, 0.05) is 12.3 Å². The summed E-state index contributed by atoms with van der Waals surface area (Å²) in [5, 5.41) is 17.8. The van der Waals surface area contributed by atoms with E-state index in [1.165, 1.54) is 12.3 Å². The highest BCUT2D eigenvalue weighted by Gasteiger charge is 2.05. The summed E-state index contributed by atoms with van der Waals surface area (Å²) in [6, 6.07) is 10.2. The molecule has 0 saturated heterocycles. The Balaban J connectivity index is 2.44. The van der Waals surface area contributed by atoms with E-state index in [1.807, 2.05) is 6.07 Å². The van der Waals surface area contributed by atoms with Crippen LogP contribution in [0.3, 0.4) is 0 Å². The van der Waals surface area contributed by atoms with Crippen LogP contribution in [0.15, 0.2) is 47.4 Å². The van der Waals surface area contributed by atoms with Crippen LogP contribution in [0, 0.1) is 0 Å². The number of benzene rings is 1. The standard InChI is InChI=1S/C14H13NO4/c16-9-10-2-1-3-11(6-10)12-4-5-13(17)15(7-12)8-14(18)19/h1-7,16H,8-9H2,(H,18,19). The lowest BCUT2D eigenvalue weighted by Gasteiger charge is -2.07. The lowest BCUT2D eigenvalue weighted by atomic mass is 10.1. The first-order chi connectivity index (χ1) is 9.10. The molecule has 0 saturated carbocycles. The topological polar surface area (TPSA) is 79.5 Å². The van der Waals surface area contributed by atoms with Gasteiger partial charge in [-0.25, -0.2) is 0 Å². The van der Waals surface area contributed by atoms with E-state index < -0.39 is 5.97 Å². The lowest BCUT2D eigenvalue weighted by molar-refractivity contribution is -0.137. The monoisotopic (exact) mass is 259 g/mol. The Morgan fingerprint density at radius 1 is 1.16 bits per heavy atom. The molecule has 5 heteroatoms. The summed E-state index contributed by atoms with van der Waals surface area (Å²) in [6.45, 7) is -0.436. The molecule has 0 spiro atoms. The van der Waals surface area contributed by atoms with Crippen LogP contribution in [0.1, 0.15) is 5.56 Å². The fraction of sp³-hybridized carbons (Fsp3) is 0.143. The predicted octanol–water partition coefficient (Wildman–Crippen LogP) is 1.09. The molecule has 0 radical (unpaired) electrons. The molecule has 0 atom stereocenters. The number of hydrogen-bond donors (Lipinski definition) is 2. The van der Waals surface area contributed by atoms with Gasteiger partial charge in [-0.1, -0.05) is 18.2 Å². The highest BCUT2D eigenvalue weighted by atomic mass is 16.4. The average molecular weight is 259 g/mol. The highest BCUT2D eigenvalue weighted by molar-refractivity contribution is 5.67. The van der Waals surface area contributed by atoms with Crippen LogP contribution >= 0.6 is 0 Å². The van der Waals surface area contributed by atoms with Gasteiger partial charge in [0.2, 0.25) is 0 Å². The van der Waals surface area contributed by atoms with Gasteiger partial charge in [-0.2, -0.15) is 0 Å². The molecule has 0 aliphatic heterocycles. The maximum absolute atomic E-state index is 11.5. The number of nitrogens with zero attached hydrogens (tertiary/aromatic N) is 1. The van der Waals surface area contributed by atoms with Crippen molar-refractivity contribution in [2.24, 2.45) is 0 Å². The van der Waals surface area contributed by atoms with Crippen LogP contribution in [0.2, 0.25) is 0 Å². The second-order valence-corrected chi connectivity index (χ2v) is 4.14. The lowest BCUT2D eigenvalue weighted by Crippen LogP contribution is -2.22. The number of aliphatic hydroxyl groups excluding tert-OH is 1. The summed E-state index contributed by atoms with van der Waals surface area (Å²) in [7, 11) is 0. The number of hydrogen-bond acceptors (Lipinski definition) is 3. The molecule has 0 amide bonds. The molecule has 0 fully saturated rings. The second-order valence-electron chi connectivity index (χ2n) is 4.14. The summed E-state index contributed by atoms with van der Waals surface area (Å²) in [4.78, 5) is 22.2. The third-order valence-electron chi connectivity index (χ3n) is 2.73. The quantitative estimate of drug-likeness (QED) is 0.861. The van der Waals surface area contributed by atoms with Crippen LogP contribution in [0.4, 0.5) is 0 Å². The van der Waals surface area contributed by atoms with Gasteiger partial charge >= 0.3 is 5.97 Å². The molecule has 2 aromatic rings. The molecule has 2 rings (SSSR count). The first-order valence-corrected chi connectivity index (χ1v) is 5.72. The summed E-state index contributed by atoms with van der Waals surface area (Å²) in [6.07, 6.45) is 1.51. The Labute approximate surface area is 109 Å². The summed E-state index contributed by atoms with van der Waals surface area (Å²) in [5.41, 5.74) is 1.96. The number of aliphatic hydroxyl groups is 1. The van der Waals surface area contributed by atoms with E-state index >= 15 is 0 Å². The Bertz CT molecular complexity index is 660. The number of carboxylic acids is 1. The Hall–Kier alpha value is -2.40. The minimum Gasteiger partial charge on any atom is -0.480 e. The highest BCUT2D eigenvalue weighted by Crippen LogP contribution is 2.19. The van der Waals surface area contributed by atoms with Crippen molar-refractivity contribution in [3.8, 4) is 11.1 Å². The van der Waals surface area contributed by atoms with Crippen LogP contribution in [0.5, 0.6) is 0 Å². The third-order valence-corrected chi connectivity index (χ3v) is 2.73. The number of carbonyl (C=O) groups is 1.